The van der Waals surface area contributed by atoms with Crippen molar-refractivity contribution in [3.05, 3.63) is 78.2 Å². The molecule has 10 heteroatoms. The van der Waals surface area contributed by atoms with E-state index in [0.717, 1.165) is 0 Å². The number of nitrogens with zero attached hydrogens (tertiary/aromatic N) is 3. The van der Waals surface area contributed by atoms with Gasteiger partial charge in [0.05, 0.1) is 41.1 Å². The number of ether oxygens (including phenoxy) is 2. The van der Waals surface area contributed by atoms with Gasteiger partial charge in [-0.05, 0) is 79.8 Å². The van der Waals surface area contributed by atoms with Crippen molar-refractivity contribution >= 4 is 28.6 Å². The van der Waals surface area contributed by atoms with Crippen LogP contribution in [0.3, 0.4) is 0 Å². The van der Waals surface area contributed by atoms with Crippen LogP contribution < -0.4 is 10.1 Å². The number of nitrogens with one attached hydrogen (secondary N) is 1. The number of fused-ring (bicyclic) bond motifs is 1. The summed E-state index contributed by atoms with van der Waals surface area (Å²) < 4.78 is 26.1. The van der Waals surface area contributed by atoms with E-state index in [4.69, 9.17) is 9.47 Å². The molecule has 2 amide bonds. The Morgan fingerprint density at radius 1 is 1.07 bits per heavy atom. The van der Waals surface area contributed by atoms with Crippen molar-refractivity contribution in [1.82, 2.24) is 14.7 Å². The Morgan fingerprint density at radius 3 is 2.39 bits per heavy atom. The van der Waals surface area contributed by atoms with Gasteiger partial charge in [0.15, 0.2) is 0 Å². The van der Waals surface area contributed by atoms with E-state index in [0.29, 0.717) is 77.6 Å². The fourth-order valence-corrected chi connectivity index (χ4v) is 5.24. The smallest absolute Gasteiger partial charge is 0.337 e. The molecule has 0 bridgehead atoms. The first-order valence-corrected chi connectivity index (χ1v) is 13.6. The molecule has 1 aliphatic rings. The summed E-state index contributed by atoms with van der Waals surface area (Å²) in [6.45, 7) is 5.05. The van der Waals surface area contributed by atoms with Crippen LogP contribution in [0.15, 0.2) is 66.9 Å². The van der Waals surface area contributed by atoms with E-state index in [1.54, 1.807) is 52.2 Å². The number of anilines is 1. The van der Waals surface area contributed by atoms with Gasteiger partial charge in [-0.15, -0.1) is 0 Å². The molecule has 3 aromatic carbocycles. The zero-order valence-corrected chi connectivity index (χ0v) is 23.3. The fraction of sp³-hybridized carbons (Fsp3) is 0.323. The Bertz CT molecular complexity index is 1540. The molecule has 41 heavy (non-hydrogen) atoms. The highest BCUT2D eigenvalue weighted by Gasteiger charge is 2.34. The molecule has 1 aromatic heterocycles. The van der Waals surface area contributed by atoms with Crippen molar-refractivity contribution in [2.24, 2.45) is 5.92 Å². The van der Waals surface area contributed by atoms with Gasteiger partial charge in [0, 0.05) is 24.8 Å². The van der Waals surface area contributed by atoms with Crippen LogP contribution in [0.1, 0.15) is 43.5 Å². The molecule has 0 radical (unpaired) electrons. The number of aromatic nitrogens is 2. The average Bonchev–Trinajstić information content (AvgIpc) is 3.38. The van der Waals surface area contributed by atoms with Crippen LogP contribution in [0.25, 0.3) is 16.6 Å². The number of rotatable bonds is 7. The SMILES string of the molecule is COC(=O)c1ccc(-n2ncc3c(Oc4ccc(F)cc4)cc(NC(=O)N4CCC(O)(CC(C)C)CC4)cc32)cc1. The highest BCUT2D eigenvalue weighted by Crippen LogP contribution is 2.35. The molecular formula is C31H33FN4O5. The molecule has 5 rings (SSSR count). The minimum atomic E-state index is -0.754. The predicted octanol–water partition coefficient (Wildman–Crippen LogP) is 6.15. The molecule has 4 aromatic rings. The third-order valence-electron chi connectivity index (χ3n) is 7.25. The fourth-order valence-electron chi connectivity index (χ4n) is 5.24. The van der Waals surface area contributed by atoms with E-state index >= 15 is 0 Å². The number of aliphatic hydroxyl groups is 1. The van der Waals surface area contributed by atoms with Crippen molar-refractivity contribution in [1.29, 1.82) is 0 Å². The summed E-state index contributed by atoms with van der Waals surface area (Å²) in [5.74, 6) is 0.391. The maximum Gasteiger partial charge on any atom is 0.337 e. The lowest BCUT2D eigenvalue weighted by Crippen LogP contribution is -2.48. The van der Waals surface area contributed by atoms with Crippen molar-refractivity contribution < 1.29 is 28.6 Å². The van der Waals surface area contributed by atoms with E-state index in [1.807, 2.05) is 0 Å². The van der Waals surface area contributed by atoms with Crippen LogP contribution in [0.5, 0.6) is 11.5 Å². The summed E-state index contributed by atoms with van der Waals surface area (Å²) in [4.78, 5) is 26.8. The van der Waals surface area contributed by atoms with Gasteiger partial charge in [-0.3, -0.25) is 0 Å². The molecule has 0 unspecified atom stereocenters. The van der Waals surface area contributed by atoms with Gasteiger partial charge in [-0.25, -0.2) is 18.7 Å². The molecule has 1 fully saturated rings. The lowest BCUT2D eigenvalue weighted by molar-refractivity contribution is -0.0268. The highest BCUT2D eigenvalue weighted by molar-refractivity contribution is 5.96. The average molecular weight is 561 g/mol. The first-order valence-electron chi connectivity index (χ1n) is 13.6. The number of urea groups is 1. The normalized spacial score (nSPS) is 14.7. The maximum absolute atomic E-state index is 13.5. The highest BCUT2D eigenvalue weighted by atomic mass is 19.1. The number of methoxy groups -OCH3 is 1. The Kier molecular flexibility index (Phi) is 7.94. The molecule has 0 aliphatic carbocycles. The van der Waals surface area contributed by atoms with Crippen LogP contribution in [-0.4, -0.2) is 57.6 Å². The lowest BCUT2D eigenvalue weighted by Gasteiger charge is -2.39. The van der Waals surface area contributed by atoms with Gasteiger partial charge >= 0.3 is 12.0 Å². The zero-order chi connectivity index (χ0) is 29.1. The third kappa shape index (κ3) is 6.33. The van der Waals surface area contributed by atoms with Crippen molar-refractivity contribution in [3.63, 3.8) is 0 Å². The van der Waals surface area contributed by atoms with E-state index in [1.165, 1.54) is 31.4 Å². The van der Waals surface area contributed by atoms with Gasteiger partial charge in [-0.1, -0.05) is 13.8 Å². The second kappa shape index (κ2) is 11.6. The zero-order valence-electron chi connectivity index (χ0n) is 23.3. The second-order valence-electron chi connectivity index (χ2n) is 10.8. The summed E-state index contributed by atoms with van der Waals surface area (Å²) in [7, 11) is 1.32. The lowest BCUT2D eigenvalue weighted by atomic mass is 9.84. The van der Waals surface area contributed by atoms with Crippen LogP contribution in [-0.2, 0) is 4.74 Å². The number of piperidine rings is 1. The number of amides is 2. The predicted molar refractivity (Wildman–Crippen MR) is 153 cm³/mol. The number of halogens is 1. The number of hydrogen-bond acceptors (Lipinski definition) is 6. The molecule has 9 nitrogen and oxygen atoms in total. The Labute approximate surface area is 237 Å². The Hall–Kier alpha value is -4.44. The van der Waals surface area contributed by atoms with E-state index < -0.39 is 11.6 Å². The summed E-state index contributed by atoms with van der Waals surface area (Å²) in [6, 6.07) is 15.7. The Balaban J connectivity index is 1.45. The second-order valence-corrected chi connectivity index (χ2v) is 10.8. The van der Waals surface area contributed by atoms with Crippen molar-refractivity contribution in [3.8, 4) is 17.2 Å². The summed E-state index contributed by atoms with van der Waals surface area (Å²) >= 11 is 0. The molecular weight excluding hydrogens is 527 g/mol. The molecule has 0 atom stereocenters. The van der Waals surface area contributed by atoms with Gasteiger partial charge < -0.3 is 24.8 Å². The molecule has 2 heterocycles. The minimum absolute atomic E-state index is 0.280. The van der Waals surface area contributed by atoms with Crippen LogP contribution in [0.2, 0.25) is 0 Å². The van der Waals surface area contributed by atoms with Crippen LogP contribution in [0.4, 0.5) is 14.9 Å². The number of carbonyl (C=O) groups excluding carboxylic acids is 2. The van der Waals surface area contributed by atoms with Gasteiger partial charge in [0.1, 0.15) is 17.3 Å². The molecule has 2 N–H and O–H groups in total. The first kappa shape index (κ1) is 28.1. The van der Waals surface area contributed by atoms with E-state index in [-0.39, 0.29) is 11.8 Å². The van der Waals surface area contributed by atoms with Crippen LogP contribution in [0, 0.1) is 11.7 Å². The number of carbonyl (C=O) groups is 2. The number of benzene rings is 3. The monoisotopic (exact) mass is 560 g/mol. The molecule has 0 saturated carbocycles. The van der Waals surface area contributed by atoms with Crippen molar-refractivity contribution in [2.75, 3.05) is 25.5 Å². The van der Waals surface area contributed by atoms with Gasteiger partial charge in [0.2, 0.25) is 0 Å². The number of hydrogen-bond donors (Lipinski definition) is 2. The molecule has 0 spiro atoms. The molecule has 1 saturated heterocycles. The van der Waals surface area contributed by atoms with Crippen LogP contribution >= 0.6 is 0 Å². The molecule has 214 valence electrons. The minimum Gasteiger partial charge on any atom is -0.465 e. The number of esters is 1. The number of likely N-dealkylation sites (tertiary alicyclic amines) is 1. The molecule has 1 aliphatic heterocycles. The third-order valence-corrected chi connectivity index (χ3v) is 7.25. The first-order chi connectivity index (χ1) is 19.6. The van der Waals surface area contributed by atoms with Gasteiger partial charge in [-0.2, -0.15) is 5.10 Å². The topological polar surface area (TPSA) is 106 Å². The van der Waals surface area contributed by atoms with E-state index in [9.17, 15) is 19.1 Å². The largest absolute Gasteiger partial charge is 0.465 e. The quantitative estimate of drug-likeness (QED) is 0.263. The van der Waals surface area contributed by atoms with Gasteiger partial charge in [0.25, 0.3) is 0 Å². The standard InChI is InChI=1S/C31H33FN4O5/c1-20(2)18-31(39)12-14-35(15-13-31)30(38)34-23-16-27-26(28(17-23)41-25-10-6-22(32)7-11-25)19-33-36(27)24-8-4-21(5-9-24)29(37)40-3/h4-11,16-17,19-20,39H,12-15,18H2,1-3H3,(H,34,38). The summed E-state index contributed by atoms with van der Waals surface area (Å²) in [5, 5.41) is 19.1. The van der Waals surface area contributed by atoms with Crippen molar-refractivity contribution in [2.45, 2.75) is 38.7 Å². The summed E-state index contributed by atoms with van der Waals surface area (Å²) in [5.41, 5.74) is 1.47. The summed E-state index contributed by atoms with van der Waals surface area (Å²) in [6.07, 6.45) is 3.39. The maximum atomic E-state index is 13.5. The Morgan fingerprint density at radius 2 is 1.76 bits per heavy atom. The van der Waals surface area contributed by atoms with E-state index in [2.05, 4.69) is 24.3 Å².